The molecule has 0 aliphatic carbocycles. The van der Waals surface area contributed by atoms with Gasteiger partial charge < -0.3 is 15.7 Å². The quantitative estimate of drug-likeness (QED) is 0.626. The normalized spacial score (nSPS) is 27.4. The molecule has 0 aromatic rings. The van der Waals surface area contributed by atoms with E-state index in [1.807, 2.05) is 0 Å². The first-order valence-electron chi connectivity index (χ1n) is 6.33. The largest absolute Gasteiger partial charge is 0.396 e. The molecule has 3 heteroatoms. The molecule has 90 valence electrons. The Bertz CT molecular complexity index is 164. The molecule has 2 unspecified atom stereocenters. The third-order valence-electron chi connectivity index (χ3n) is 3.48. The number of unbranched alkanes of at least 4 members (excludes halogenated alkanes) is 3. The summed E-state index contributed by atoms with van der Waals surface area (Å²) in [5.41, 5.74) is 5.70. The summed E-state index contributed by atoms with van der Waals surface area (Å²) in [7, 11) is 0. The molecular formula is C12H26N2O. The van der Waals surface area contributed by atoms with Crippen LogP contribution in [-0.2, 0) is 0 Å². The summed E-state index contributed by atoms with van der Waals surface area (Å²) >= 11 is 0. The molecule has 0 saturated carbocycles. The van der Waals surface area contributed by atoms with Gasteiger partial charge in [-0.05, 0) is 45.2 Å². The highest BCUT2D eigenvalue weighted by atomic mass is 16.2. The van der Waals surface area contributed by atoms with Crippen molar-refractivity contribution >= 4 is 0 Å². The van der Waals surface area contributed by atoms with Crippen molar-refractivity contribution in [1.82, 2.24) is 4.90 Å². The monoisotopic (exact) mass is 214 g/mol. The topological polar surface area (TPSA) is 49.5 Å². The first kappa shape index (κ1) is 12.9. The van der Waals surface area contributed by atoms with Gasteiger partial charge in [0.2, 0.25) is 0 Å². The summed E-state index contributed by atoms with van der Waals surface area (Å²) in [5, 5.41) is 8.66. The van der Waals surface area contributed by atoms with E-state index in [-0.39, 0.29) is 0 Å². The van der Waals surface area contributed by atoms with Crippen LogP contribution in [0, 0.1) is 5.92 Å². The van der Waals surface area contributed by atoms with Crippen molar-refractivity contribution in [3.63, 3.8) is 0 Å². The van der Waals surface area contributed by atoms with E-state index in [9.17, 15) is 0 Å². The van der Waals surface area contributed by atoms with E-state index in [2.05, 4.69) is 11.8 Å². The molecule has 1 aliphatic rings. The van der Waals surface area contributed by atoms with Gasteiger partial charge >= 0.3 is 0 Å². The molecule has 0 spiro atoms. The number of likely N-dealkylation sites (tertiary alicyclic amines) is 1. The molecular weight excluding hydrogens is 188 g/mol. The highest BCUT2D eigenvalue weighted by molar-refractivity contribution is 4.82. The fourth-order valence-electron chi connectivity index (χ4n) is 2.48. The second-order valence-corrected chi connectivity index (χ2v) is 4.82. The van der Waals surface area contributed by atoms with Gasteiger partial charge in [-0.15, -0.1) is 0 Å². The van der Waals surface area contributed by atoms with E-state index in [0.29, 0.717) is 6.61 Å². The molecule has 0 radical (unpaired) electrons. The standard InChI is InChI=1S/C12H26N2O/c1-11-8-12(9-13)10-14(11)6-4-2-3-5-7-15/h11-12,15H,2-10,13H2,1H3. The van der Waals surface area contributed by atoms with E-state index in [0.717, 1.165) is 24.9 Å². The van der Waals surface area contributed by atoms with Crippen LogP contribution in [0.5, 0.6) is 0 Å². The summed E-state index contributed by atoms with van der Waals surface area (Å²) in [6.45, 7) is 5.89. The van der Waals surface area contributed by atoms with Crippen LogP contribution in [0.4, 0.5) is 0 Å². The van der Waals surface area contributed by atoms with Crippen LogP contribution in [0.2, 0.25) is 0 Å². The summed E-state index contributed by atoms with van der Waals surface area (Å²) in [6.07, 6.45) is 5.91. The van der Waals surface area contributed by atoms with Gasteiger partial charge in [0, 0.05) is 19.2 Å². The third kappa shape index (κ3) is 4.49. The maximum atomic E-state index is 8.66. The first-order chi connectivity index (χ1) is 7.27. The van der Waals surface area contributed by atoms with Crippen molar-refractivity contribution < 1.29 is 5.11 Å². The van der Waals surface area contributed by atoms with Gasteiger partial charge in [0.25, 0.3) is 0 Å². The smallest absolute Gasteiger partial charge is 0.0431 e. The Balaban J connectivity index is 2.06. The third-order valence-corrected chi connectivity index (χ3v) is 3.48. The second-order valence-electron chi connectivity index (χ2n) is 4.82. The Morgan fingerprint density at radius 2 is 2.00 bits per heavy atom. The molecule has 0 aromatic carbocycles. The van der Waals surface area contributed by atoms with Crippen molar-refractivity contribution in [3.05, 3.63) is 0 Å². The zero-order chi connectivity index (χ0) is 11.1. The van der Waals surface area contributed by atoms with Crippen molar-refractivity contribution in [2.45, 2.75) is 45.1 Å². The fraction of sp³-hybridized carbons (Fsp3) is 1.00. The zero-order valence-electron chi connectivity index (χ0n) is 9.99. The van der Waals surface area contributed by atoms with Crippen LogP contribution in [-0.4, -0.2) is 42.3 Å². The molecule has 0 amide bonds. The molecule has 1 aliphatic heterocycles. The number of hydrogen-bond acceptors (Lipinski definition) is 3. The lowest BCUT2D eigenvalue weighted by Crippen LogP contribution is -2.28. The molecule has 0 bridgehead atoms. The number of aliphatic hydroxyl groups is 1. The molecule has 1 saturated heterocycles. The Kier molecular flexibility index (Phi) is 6.22. The van der Waals surface area contributed by atoms with Crippen LogP contribution in [0.3, 0.4) is 0 Å². The van der Waals surface area contributed by atoms with Crippen LogP contribution in [0.15, 0.2) is 0 Å². The predicted molar refractivity (Wildman–Crippen MR) is 63.8 cm³/mol. The molecule has 15 heavy (non-hydrogen) atoms. The lowest BCUT2D eigenvalue weighted by atomic mass is 10.1. The van der Waals surface area contributed by atoms with Gasteiger partial charge in [0.15, 0.2) is 0 Å². The van der Waals surface area contributed by atoms with Crippen molar-refractivity contribution in [3.8, 4) is 0 Å². The molecule has 3 N–H and O–H groups in total. The summed E-state index contributed by atoms with van der Waals surface area (Å²) in [6, 6.07) is 0.719. The van der Waals surface area contributed by atoms with Gasteiger partial charge in [0.1, 0.15) is 0 Å². The lowest BCUT2D eigenvalue weighted by molar-refractivity contribution is 0.252. The summed E-state index contributed by atoms with van der Waals surface area (Å²) in [4.78, 5) is 2.57. The average Bonchev–Trinajstić information content (AvgIpc) is 2.59. The van der Waals surface area contributed by atoms with Gasteiger partial charge in [-0.1, -0.05) is 12.8 Å². The highest BCUT2D eigenvalue weighted by Gasteiger charge is 2.26. The lowest BCUT2D eigenvalue weighted by Gasteiger charge is -2.20. The van der Waals surface area contributed by atoms with Crippen molar-refractivity contribution in [2.75, 3.05) is 26.2 Å². The van der Waals surface area contributed by atoms with Crippen LogP contribution in [0.1, 0.15) is 39.0 Å². The Morgan fingerprint density at radius 1 is 1.27 bits per heavy atom. The van der Waals surface area contributed by atoms with E-state index < -0.39 is 0 Å². The van der Waals surface area contributed by atoms with Gasteiger partial charge in [-0.3, -0.25) is 0 Å². The molecule has 1 rings (SSSR count). The van der Waals surface area contributed by atoms with Crippen molar-refractivity contribution in [2.24, 2.45) is 11.7 Å². The second kappa shape index (κ2) is 7.20. The molecule has 0 aromatic heterocycles. The molecule has 1 heterocycles. The highest BCUT2D eigenvalue weighted by Crippen LogP contribution is 2.22. The van der Waals surface area contributed by atoms with Gasteiger partial charge in [-0.2, -0.15) is 0 Å². The number of nitrogens with zero attached hydrogens (tertiary/aromatic N) is 1. The maximum absolute atomic E-state index is 8.66. The zero-order valence-corrected chi connectivity index (χ0v) is 9.99. The summed E-state index contributed by atoms with van der Waals surface area (Å²) < 4.78 is 0. The van der Waals surface area contributed by atoms with Crippen molar-refractivity contribution in [1.29, 1.82) is 0 Å². The van der Waals surface area contributed by atoms with Gasteiger partial charge in [-0.25, -0.2) is 0 Å². The SMILES string of the molecule is CC1CC(CN)CN1CCCCCCO. The number of hydrogen-bond donors (Lipinski definition) is 2. The number of rotatable bonds is 7. The first-order valence-corrected chi connectivity index (χ1v) is 6.33. The predicted octanol–water partition coefficient (Wildman–Crippen LogP) is 1.21. The Hall–Kier alpha value is -0.120. The average molecular weight is 214 g/mol. The molecule has 2 atom stereocenters. The fourth-order valence-corrected chi connectivity index (χ4v) is 2.48. The van der Waals surface area contributed by atoms with E-state index in [4.69, 9.17) is 10.8 Å². The minimum atomic E-state index is 0.343. The minimum absolute atomic E-state index is 0.343. The Morgan fingerprint density at radius 3 is 2.60 bits per heavy atom. The van der Waals surface area contributed by atoms with E-state index >= 15 is 0 Å². The number of nitrogens with two attached hydrogens (primary N) is 1. The molecule has 3 nitrogen and oxygen atoms in total. The summed E-state index contributed by atoms with van der Waals surface area (Å²) in [5.74, 6) is 0.720. The number of aliphatic hydroxyl groups excluding tert-OH is 1. The van der Waals surface area contributed by atoms with Crippen LogP contribution >= 0.6 is 0 Å². The van der Waals surface area contributed by atoms with Crippen LogP contribution in [0.25, 0.3) is 0 Å². The maximum Gasteiger partial charge on any atom is 0.0431 e. The van der Waals surface area contributed by atoms with Crippen LogP contribution < -0.4 is 5.73 Å². The molecule has 1 fully saturated rings. The van der Waals surface area contributed by atoms with Gasteiger partial charge in [0.05, 0.1) is 0 Å². The van der Waals surface area contributed by atoms with E-state index in [1.54, 1.807) is 0 Å². The Labute approximate surface area is 93.6 Å². The van der Waals surface area contributed by atoms with E-state index in [1.165, 1.54) is 38.8 Å². The minimum Gasteiger partial charge on any atom is -0.396 e.